The van der Waals surface area contributed by atoms with Crippen LogP contribution in [-0.2, 0) is 6.42 Å². The molecule has 3 aromatic rings. The SMILES string of the molecule is Cc1cc2ncc(CCCNC(=O)c3c(C)noc3C)cn2n1. The average Bonchev–Trinajstić information content (AvgIpc) is 3.04. The van der Waals surface area contributed by atoms with Gasteiger partial charge < -0.3 is 9.84 Å². The third-order valence-electron chi connectivity index (χ3n) is 3.68. The smallest absolute Gasteiger partial charge is 0.256 e. The summed E-state index contributed by atoms with van der Waals surface area (Å²) < 4.78 is 6.79. The fraction of sp³-hybridized carbons (Fsp3) is 0.375. The molecule has 7 nitrogen and oxygen atoms in total. The zero-order chi connectivity index (χ0) is 16.4. The molecule has 0 fully saturated rings. The molecule has 0 saturated heterocycles. The Bertz CT molecular complexity index is 830. The molecule has 0 spiro atoms. The van der Waals surface area contributed by atoms with E-state index < -0.39 is 0 Å². The fourth-order valence-electron chi connectivity index (χ4n) is 2.55. The van der Waals surface area contributed by atoms with Gasteiger partial charge in [0, 0.05) is 25.0 Å². The van der Waals surface area contributed by atoms with E-state index in [1.165, 1.54) is 0 Å². The van der Waals surface area contributed by atoms with E-state index in [1.54, 1.807) is 18.4 Å². The van der Waals surface area contributed by atoms with Crippen molar-refractivity contribution in [3.63, 3.8) is 0 Å². The zero-order valence-corrected chi connectivity index (χ0v) is 13.5. The maximum absolute atomic E-state index is 12.1. The van der Waals surface area contributed by atoms with Crippen LogP contribution < -0.4 is 5.32 Å². The van der Waals surface area contributed by atoms with E-state index in [4.69, 9.17) is 4.52 Å². The molecule has 120 valence electrons. The molecule has 0 radical (unpaired) electrons. The van der Waals surface area contributed by atoms with E-state index in [-0.39, 0.29) is 5.91 Å². The van der Waals surface area contributed by atoms with E-state index in [9.17, 15) is 4.79 Å². The lowest BCUT2D eigenvalue weighted by Gasteiger charge is -2.05. The Kier molecular flexibility index (Phi) is 4.10. The van der Waals surface area contributed by atoms with Gasteiger partial charge in [-0.3, -0.25) is 4.79 Å². The number of nitrogens with one attached hydrogen (secondary N) is 1. The Morgan fingerprint density at radius 3 is 2.91 bits per heavy atom. The molecule has 0 aliphatic carbocycles. The second-order valence-corrected chi connectivity index (χ2v) is 5.61. The van der Waals surface area contributed by atoms with E-state index >= 15 is 0 Å². The number of fused-ring (bicyclic) bond motifs is 1. The van der Waals surface area contributed by atoms with Crippen LogP contribution in [0.4, 0.5) is 0 Å². The van der Waals surface area contributed by atoms with Crippen LogP contribution in [-0.4, -0.2) is 32.2 Å². The average molecular weight is 313 g/mol. The summed E-state index contributed by atoms with van der Waals surface area (Å²) in [4.78, 5) is 16.5. The Morgan fingerprint density at radius 1 is 1.35 bits per heavy atom. The molecule has 0 bridgehead atoms. The number of carbonyl (C=O) groups excluding carboxylic acids is 1. The number of aromatic nitrogens is 4. The maximum atomic E-state index is 12.1. The minimum absolute atomic E-state index is 0.141. The normalized spacial score (nSPS) is 11.1. The van der Waals surface area contributed by atoms with Gasteiger partial charge in [0.05, 0.1) is 11.4 Å². The first-order valence-electron chi connectivity index (χ1n) is 7.56. The maximum Gasteiger partial charge on any atom is 0.256 e. The molecule has 1 amide bonds. The van der Waals surface area contributed by atoms with Crippen LogP contribution in [0.15, 0.2) is 23.0 Å². The van der Waals surface area contributed by atoms with Crippen molar-refractivity contribution < 1.29 is 9.32 Å². The number of nitrogens with zero attached hydrogens (tertiary/aromatic N) is 4. The van der Waals surface area contributed by atoms with Crippen LogP contribution in [0.3, 0.4) is 0 Å². The van der Waals surface area contributed by atoms with Gasteiger partial charge >= 0.3 is 0 Å². The van der Waals surface area contributed by atoms with Gasteiger partial charge in [-0.2, -0.15) is 5.10 Å². The molecule has 0 aromatic carbocycles. The lowest BCUT2D eigenvalue weighted by molar-refractivity contribution is 0.0951. The molecule has 0 atom stereocenters. The summed E-state index contributed by atoms with van der Waals surface area (Å²) in [5.74, 6) is 0.404. The Labute approximate surface area is 133 Å². The molecule has 23 heavy (non-hydrogen) atoms. The van der Waals surface area contributed by atoms with Gasteiger partial charge in [0.15, 0.2) is 5.65 Å². The van der Waals surface area contributed by atoms with Crippen molar-refractivity contribution >= 4 is 11.6 Å². The first-order chi connectivity index (χ1) is 11.0. The van der Waals surface area contributed by atoms with Gasteiger partial charge in [-0.25, -0.2) is 9.50 Å². The van der Waals surface area contributed by atoms with Crippen molar-refractivity contribution in [2.24, 2.45) is 0 Å². The monoisotopic (exact) mass is 313 g/mol. The van der Waals surface area contributed by atoms with E-state index in [0.29, 0.717) is 23.6 Å². The number of rotatable bonds is 5. The first-order valence-corrected chi connectivity index (χ1v) is 7.56. The predicted molar refractivity (Wildman–Crippen MR) is 84.4 cm³/mol. The molecule has 3 heterocycles. The third-order valence-corrected chi connectivity index (χ3v) is 3.68. The molecule has 7 heteroatoms. The number of aryl methyl sites for hydroxylation is 4. The largest absolute Gasteiger partial charge is 0.361 e. The molecule has 0 saturated carbocycles. The summed E-state index contributed by atoms with van der Waals surface area (Å²) >= 11 is 0. The van der Waals surface area contributed by atoms with Crippen LogP contribution in [0.2, 0.25) is 0 Å². The first kappa shape index (κ1) is 15.2. The fourth-order valence-corrected chi connectivity index (χ4v) is 2.55. The third kappa shape index (κ3) is 3.23. The lowest BCUT2D eigenvalue weighted by Crippen LogP contribution is -2.25. The summed E-state index contributed by atoms with van der Waals surface area (Å²) in [5, 5.41) is 11.0. The summed E-state index contributed by atoms with van der Waals surface area (Å²) in [6, 6.07) is 1.94. The van der Waals surface area contributed by atoms with Crippen LogP contribution in [0.5, 0.6) is 0 Å². The van der Waals surface area contributed by atoms with Crippen molar-refractivity contribution in [2.45, 2.75) is 33.6 Å². The van der Waals surface area contributed by atoms with Crippen LogP contribution in [0.1, 0.15) is 39.5 Å². The highest BCUT2D eigenvalue weighted by Gasteiger charge is 2.16. The molecule has 0 aliphatic heterocycles. The van der Waals surface area contributed by atoms with Gasteiger partial charge in [-0.15, -0.1) is 0 Å². The topological polar surface area (TPSA) is 85.3 Å². The number of carbonyl (C=O) groups is 1. The highest BCUT2D eigenvalue weighted by molar-refractivity contribution is 5.96. The standard InChI is InChI=1S/C16H19N5O2/c1-10-7-14-18-8-13(9-21(14)19-10)5-4-6-17-16(22)15-11(2)20-23-12(15)3/h7-9H,4-6H2,1-3H3,(H,17,22). The summed E-state index contributed by atoms with van der Waals surface area (Å²) in [5.41, 5.74) is 4.02. The molecular formula is C16H19N5O2. The molecule has 3 rings (SSSR count). The van der Waals surface area contributed by atoms with Crippen molar-refractivity contribution in [3.8, 4) is 0 Å². The Balaban J connectivity index is 1.53. The van der Waals surface area contributed by atoms with Crippen LogP contribution in [0, 0.1) is 20.8 Å². The highest BCUT2D eigenvalue weighted by Crippen LogP contribution is 2.12. The minimum atomic E-state index is -0.141. The molecule has 1 N–H and O–H groups in total. The van der Waals surface area contributed by atoms with Crippen molar-refractivity contribution in [2.75, 3.05) is 6.54 Å². The van der Waals surface area contributed by atoms with Gasteiger partial charge in [0.1, 0.15) is 11.3 Å². The van der Waals surface area contributed by atoms with Gasteiger partial charge in [-0.1, -0.05) is 5.16 Å². The molecular weight excluding hydrogens is 294 g/mol. The predicted octanol–water partition coefficient (Wildman–Crippen LogP) is 2.01. The van der Waals surface area contributed by atoms with E-state index in [2.05, 4.69) is 20.6 Å². The number of hydrogen-bond acceptors (Lipinski definition) is 5. The second kappa shape index (κ2) is 6.20. The van der Waals surface area contributed by atoms with Gasteiger partial charge in [0.25, 0.3) is 5.91 Å². The highest BCUT2D eigenvalue weighted by atomic mass is 16.5. The van der Waals surface area contributed by atoms with E-state index in [1.807, 2.05) is 25.4 Å². The number of hydrogen-bond donors (Lipinski definition) is 1. The minimum Gasteiger partial charge on any atom is -0.361 e. The van der Waals surface area contributed by atoms with Gasteiger partial charge in [0.2, 0.25) is 0 Å². The zero-order valence-electron chi connectivity index (χ0n) is 13.5. The number of amides is 1. The summed E-state index contributed by atoms with van der Waals surface area (Å²) in [6.07, 6.45) is 5.48. The lowest BCUT2D eigenvalue weighted by atomic mass is 10.1. The Hall–Kier alpha value is -2.70. The summed E-state index contributed by atoms with van der Waals surface area (Å²) in [6.45, 7) is 6.03. The summed E-state index contributed by atoms with van der Waals surface area (Å²) in [7, 11) is 0. The van der Waals surface area contributed by atoms with Crippen LogP contribution >= 0.6 is 0 Å². The molecule has 3 aromatic heterocycles. The van der Waals surface area contributed by atoms with Crippen molar-refractivity contribution in [1.29, 1.82) is 0 Å². The van der Waals surface area contributed by atoms with Crippen molar-refractivity contribution in [3.05, 3.63) is 46.7 Å². The molecule has 0 unspecified atom stereocenters. The quantitative estimate of drug-likeness (QED) is 0.728. The van der Waals surface area contributed by atoms with Crippen molar-refractivity contribution in [1.82, 2.24) is 25.1 Å². The second-order valence-electron chi connectivity index (χ2n) is 5.61. The van der Waals surface area contributed by atoms with Crippen LogP contribution in [0.25, 0.3) is 5.65 Å². The van der Waals surface area contributed by atoms with E-state index in [0.717, 1.165) is 29.7 Å². The van der Waals surface area contributed by atoms with Gasteiger partial charge in [-0.05, 0) is 39.2 Å². The Morgan fingerprint density at radius 2 is 2.17 bits per heavy atom. The molecule has 0 aliphatic rings.